The van der Waals surface area contributed by atoms with E-state index in [4.69, 9.17) is 9.47 Å². The lowest BCUT2D eigenvalue weighted by atomic mass is 9.82. The monoisotopic (exact) mass is 309 g/mol. The van der Waals surface area contributed by atoms with Gasteiger partial charge in [-0.05, 0) is 24.0 Å². The molecule has 0 aromatic carbocycles. The third-order valence-electron chi connectivity index (χ3n) is 4.41. The molecule has 0 aliphatic heterocycles. The van der Waals surface area contributed by atoms with Gasteiger partial charge >= 0.3 is 0 Å². The van der Waals surface area contributed by atoms with E-state index in [1.165, 1.54) is 37.9 Å². The SMILES string of the molecule is COc1ccnc(CSCCC2CCC(C)CC2)c1OC. The Morgan fingerprint density at radius 1 is 1.19 bits per heavy atom. The molecule has 2 rings (SSSR count). The van der Waals surface area contributed by atoms with Gasteiger partial charge in [-0.25, -0.2) is 0 Å². The Morgan fingerprint density at radius 2 is 1.95 bits per heavy atom. The Labute approximate surface area is 132 Å². The molecule has 1 aromatic heterocycles. The zero-order valence-electron chi connectivity index (χ0n) is 13.4. The van der Waals surface area contributed by atoms with Crippen LogP contribution in [0.2, 0.25) is 0 Å². The van der Waals surface area contributed by atoms with Crippen LogP contribution in [0.1, 0.15) is 44.7 Å². The summed E-state index contributed by atoms with van der Waals surface area (Å²) in [5.74, 6) is 5.53. The molecular formula is C17H27NO2S. The number of ether oxygens (including phenoxy) is 2. The van der Waals surface area contributed by atoms with Crippen LogP contribution in [-0.2, 0) is 5.75 Å². The van der Waals surface area contributed by atoms with Crippen LogP contribution >= 0.6 is 11.8 Å². The van der Waals surface area contributed by atoms with Gasteiger partial charge in [-0.2, -0.15) is 11.8 Å². The number of pyridine rings is 1. The van der Waals surface area contributed by atoms with E-state index in [0.29, 0.717) is 0 Å². The summed E-state index contributed by atoms with van der Waals surface area (Å²) in [7, 11) is 3.34. The molecule has 1 aliphatic rings. The lowest BCUT2D eigenvalue weighted by Gasteiger charge is -2.25. The van der Waals surface area contributed by atoms with E-state index >= 15 is 0 Å². The molecule has 0 atom stereocenters. The second-order valence-electron chi connectivity index (χ2n) is 5.96. The topological polar surface area (TPSA) is 31.4 Å². The molecule has 1 heterocycles. The Balaban J connectivity index is 1.76. The first-order valence-electron chi connectivity index (χ1n) is 7.88. The van der Waals surface area contributed by atoms with Gasteiger partial charge in [0, 0.05) is 18.0 Å². The first kappa shape index (κ1) is 16.5. The van der Waals surface area contributed by atoms with E-state index in [0.717, 1.165) is 34.8 Å². The van der Waals surface area contributed by atoms with Crippen molar-refractivity contribution in [3.63, 3.8) is 0 Å². The molecule has 0 saturated heterocycles. The molecule has 0 spiro atoms. The summed E-state index contributed by atoms with van der Waals surface area (Å²) in [6, 6.07) is 1.84. The largest absolute Gasteiger partial charge is 0.493 e. The normalized spacial score (nSPS) is 22.0. The average molecular weight is 309 g/mol. The zero-order valence-corrected chi connectivity index (χ0v) is 14.2. The third kappa shape index (κ3) is 4.80. The maximum absolute atomic E-state index is 5.43. The number of hydrogen-bond donors (Lipinski definition) is 0. The van der Waals surface area contributed by atoms with E-state index in [9.17, 15) is 0 Å². The molecule has 0 N–H and O–H groups in total. The van der Waals surface area contributed by atoms with Crippen LogP contribution < -0.4 is 9.47 Å². The quantitative estimate of drug-likeness (QED) is 0.692. The van der Waals surface area contributed by atoms with E-state index in [-0.39, 0.29) is 0 Å². The van der Waals surface area contributed by atoms with Crippen molar-refractivity contribution < 1.29 is 9.47 Å². The predicted octanol–water partition coefficient (Wildman–Crippen LogP) is 4.55. The van der Waals surface area contributed by atoms with Crippen LogP contribution in [-0.4, -0.2) is 25.0 Å². The fourth-order valence-corrected chi connectivity index (χ4v) is 4.03. The second kappa shape index (κ2) is 8.52. The van der Waals surface area contributed by atoms with Crippen LogP contribution in [0.25, 0.3) is 0 Å². The van der Waals surface area contributed by atoms with Gasteiger partial charge in [0.2, 0.25) is 0 Å². The van der Waals surface area contributed by atoms with Crippen molar-refractivity contribution in [2.24, 2.45) is 11.8 Å². The highest BCUT2D eigenvalue weighted by molar-refractivity contribution is 7.98. The van der Waals surface area contributed by atoms with Gasteiger partial charge in [0.15, 0.2) is 11.5 Å². The van der Waals surface area contributed by atoms with Crippen molar-refractivity contribution >= 4 is 11.8 Å². The van der Waals surface area contributed by atoms with Crippen molar-refractivity contribution in [1.82, 2.24) is 4.98 Å². The van der Waals surface area contributed by atoms with Gasteiger partial charge in [-0.3, -0.25) is 4.98 Å². The number of nitrogens with zero attached hydrogens (tertiary/aromatic N) is 1. The number of hydrogen-bond acceptors (Lipinski definition) is 4. The van der Waals surface area contributed by atoms with E-state index in [1.807, 2.05) is 17.8 Å². The first-order chi connectivity index (χ1) is 10.2. The van der Waals surface area contributed by atoms with Crippen LogP contribution in [0.3, 0.4) is 0 Å². The summed E-state index contributed by atoms with van der Waals surface area (Å²) in [4.78, 5) is 4.43. The van der Waals surface area contributed by atoms with Crippen molar-refractivity contribution in [2.45, 2.75) is 44.8 Å². The summed E-state index contributed by atoms with van der Waals surface area (Å²) >= 11 is 1.95. The lowest BCUT2D eigenvalue weighted by Crippen LogP contribution is -2.12. The molecule has 0 bridgehead atoms. The maximum Gasteiger partial charge on any atom is 0.183 e. The minimum absolute atomic E-state index is 0.768. The molecule has 0 radical (unpaired) electrons. The van der Waals surface area contributed by atoms with E-state index < -0.39 is 0 Å². The highest BCUT2D eigenvalue weighted by atomic mass is 32.2. The Kier molecular flexibility index (Phi) is 6.68. The standard InChI is InChI=1S/C17H27NO2S/c1-13-4-6-14(7-5-13)9-11-21-12-15-17(20-3)16(19-2)8-10-18-15/h8,10,13-14H,4-7,9,11-12H2,1-3H3. The van der Waals surface area contributed by atoms with Crippen LogP contribution in [0.15, 0.2) is 12.3 Å². The van der Waals surface area contributed by atoms with Crippen LogP contribution in [0.4, 0.5) is 0 Å². The van der Waals surface area contributed by atoms with Gasteiger partial charge in [0.1, 0.15) is 0 Å². The average Bonchev–Trinajstić information content (AvgIpc) is 2.52. The fraction of sp³-hybridized carbons (Fsp3) is 0.706. The van der Waals surface area contributed by atoms with Crippen molar-refractivity contribution in [2.75, 3.05) is 20.0 Å². The minimum atomic E-state index is 0.768. The predicted molar refractivity (Wildman–Crippen MR) is 89.2 cm³/mol. The molecular weight excluding hydrogens is 282 g/mol. The summed E-state index contributed by atoms with van der Waals surface area (Å²) in [6.45, 7) is 2.38. The number of methoxy groups -OCH3 is 2. The van der Waals surface area contributed by atoms with E-state index in [1.54, 1.807) is 20.4 Å². The summed E-state index contributed by atoms with van der Waals surface area (Å²) in [5.41, 5.74) is 0.985. The third-order valence-corrected chi connectivity index (χ3v) is 5.41. The van der Waals surface area contributed by atoms with E-state index in [2.05, 4.69) is 11.9 Å². The molecule has 0 amide bonds. The minimum Gasteiger partial charge on any atom is -0.493 e. The van der Waals surface area contributed by atoms with Crippen LogP contribution in [0, 0.1) is 11.8 Å². The number of thioether (sulfide) groups is 1. The summed E-state index contributed by atoms with van der Waals surface area (Å²) in [5, 5.41) is 0. The van der Waals surface area contributed by atoms with Gasteiger partial charge < -0.3 is 9.47 Å². The van der Waals surface area contributed by atoms with Crippen molar-refractivity contribution in [3.8, 4) is 11.5 Å². The summed E-state index contributed by atoms with van der Waals surface area (Å²) in [6.07, 6.45) is 8.80. The van der Waals surface area contributed by atoms with Gasteiger partial charge in [0.05, 0.1) is 19.9 Å². The number of aromatic nitrogens is 1. The zero-order chi connectivity index (χ0) is 15.1. The van der Waals surface area contributed by atoms with Crippen molar-refractivity contribution in [3.05, 3.63) is 18.0 Å². The summed E-state index contributed by atoms with van der Waals surface area (Å²) < 4.78 is 10.7. The molecule has 21 heavy (non-hydrogen) atoms. The smallest absolute Gasteiger partial charge is 0.183 e. The molecule has 0 unspecified atom stereocenters. The van der Waals surface area contributed by atoms with Gasteiger partial charge in [-0.1, -0.05) is 32.6 Å². The second-order valence-corrected chi connectivity index (χ2v) is 7.07. The fourth-order valence-electron chi connectivity index (χ4n) is 2.99. The Bertz CT molecular complexity index is 431. The molecule has 1 aromatic rings. The van der Waals surface area contributed by atoms with Crippen LogP contribution in [0.5, 0.6) is 11.5 Å². The van der Waals surface area contributed by atoms with Gasteiger partial charge in [-0.15, -0.1) is 0 Å². The molecule has 118 valence electrons. The molecule has 1 saturated carbocycles. The lowest BCUT2D eigenvalue weighted by molar-refractivity contribution is 0.285. The van der Waals surface area contributed by atoms with Crippen molar-refractivity contribution in [1.29, 1.82) is 0 Å². The Morgan fingerprint density at radius 3 is 2.62 bits per heavy atom. The molecule has 1 aliphatic carbocycles. The van der Waals surface area contributed by atoms with Gasteiger partial charge in [0.25, 0.3) is 0 Å². The Hall–Kier alpha value is -0.900. The maximum atomic E-state index is 5.43. The molecule has 1 fully saturated rings. The molecule has 4 heteroatoms. The first-order valence-corrected chi connectivity index (χ1v) is 9.03. The number of rotatable bonds is 7. The highest BCUT2D eigenvalue weighted by Crippen LogP contribution is 2.33. The molecule has 3 nitrogen and oxygen atoms in total. The highest BCUT2D eigenvalue weighted by Gasteiger charge is 2.18.